The van der Waals surface area contributed by atoms with Crippen LogP contribution in [0.4, 0.5) is 0 Å². The number of hydrogen-bond acceptors (Lipinski definition) is 3. The zero-order valence-electron chi connectivity index (χ0n) is 20.1. The van der Waals surface area contributed by atoms with Crippen LogP contribution in [0.1, 0.15) is 42.9 Å². The van der Waals surface area contributed by atoms with Crippen molar-refractivity contribution in [2.45, 2.75) is 51.9 Å². The number of nitrogens with one attached hydrogen (secondary N) is 2. The van der Waals surface area contributed by atoms with Gasteiger partial charge in [0.15, 0.2) is 5.96 Å². The predicted molar refractivity (Wildman–Crippen MR) is 147 cm³/mol. The van der Waals surface area contributed by atoms with E-state index in [4.69, 9.17) is 0 Å². The third-order valence-electron chi connectivity index (χ3n) is 6.10. The second-order valence-electron chi connectivity index (χ2n) is 8.63. The summed E-state index contributed by atoms with van der Waals surface area (Å²) in [7, 11) is 3.98. The summed E-state index contributed by atoms with van der Waals surface area (Å²) in [5.74, 6) is 1.07. The average Bonchev–Trinajstić information content (AvgIpc) is 3.21. The van der Waals surface area contributed by atoms with Crippen molar-refractivity contribution in [3.05, 3.63) is 71.3 Å². The Morgan fingerprint density at radius 2 is 1.82 bits per heavy atom. The first-order valence-corrected chi connectivity index (χ1v) is 11.6. The largest absolute Gasteiger partial charge is 0.356 e. The third-order valence-corrected chi connectivity index (χ3v) is 6.10. The second kappa shape index (κ2) is 14.2. The maximum absolute atomic E-state index is 11.9. The lowest BCUT2D eigenvalue weighted by Gasteiger charge is -2.25. The molecule has 1 saturated heterocycles. The van der Waals surface area contributed by atoms with Gasteiger partial charge >= 0.3 is 0 Å². The highest BCUT2D eigenvalue weighted by Crippen LogP contribution is 2.15. The van der Waals surface area contributed by atoms with E-state index in [0.29, 0.717) is 25.6 Å². The summed E-state index contributed by atoms with van der Waals surface area (Å²) < 4.78 is 0. The van der Waals surface area contributed by atoms with Crippen LogP contribution in [0.5, 0.6) is 0 Å². The number of aliphatic imine (C=N–C) groups is 1. The zero-order chi connectivity index (χ0) is 22.8. The van der Waals surface area contributed by atoms with Crippen molar-refractivity contribution in [3.63, 3.8) is 0 Å². The number of carbonyl (C=O) groups is 1. The van der Waals surface area contributed by atoms with Gasteiger partial charge in [-0.05, 0) is 43.5 Å². The number of halogens is 1. The van der Waals surface area contributed by atoms with Crippen LogP contribution in [0.25, 0.3) is 0 Å². The zero-order valence-corrected chi connectivity index (χ0v) is 22.4. The van der Waals surface area contributed by atoms with Crippen LogP contribution in [0.2, 0.25) is 0 Å². The number of carbonyl (C=O) groups excluding carboxylic acids is 1. The molecule has 0 spiro atoms. The standard InChI is InChI=1S/C26H37N5O.HI/c1-21(30(3)19-22-9-5-4-6-10-22)14-15-28-26(27-2)29-18-23-11-7-12-24(17-23)20-31-16-8-13-25(31)32;/h4-7,9-12,17,21H,8,13-16,18-20H2,1-3H3,(H2,27,28,29);1H. The van der Waals surface area contributed by atoms with E-state index in [9.17, 15) is 4.79 Å². The molecule has 0 aliphatic carbocycles. The van der Waals surface area contributed by atoms with Gasteiger partial charge in [-0.15, -0.1) is 24.0 Å². The lowest BCUT2D eigenvalue weighted by Crippen LogP contribution is -2.39. The quantitative estimate of drug-likeness (QED) is 0.261. The number of hydrogen-bond donors (Lipinski definition) is 2. The van der Waals surface area contributed by atoms with Crippen molar-refractivity contribution >= 4 is 35.8 Å². The second-order valence-corrected chi connectivity index (χ2v) is 8.63. The molecule has 180 valence electrons. The molecular weight excluding hydrogens is 525 g/mol. The first-order valence-electron chi connectivity index (χ1n) is 11.6. The monoisotopic (exact) mass is 563 g/mol. The Labute approximate surface area is 215 Å². The van der Waals surface area contributed by atoms with Gasteiger partial charge in [0.25, 0.3) is 0 Å². The van der Waals surface area contributed by atoms with E-state index in [1.807, 2.05) is 4.90 Å². The van der Waals surface area contributed by atoms with Gasteiger partial charge < -0.3 is 15.5 Å². The Hall–Kier alpha value is -2.13. The summed E-state index contributed by atoms with van der Waals surface area (Å²) in [6.45, 7) is 6.35. The summed E-state index contributed by atoms with van der Waals surface area (Å²) in [6.07, 6.45) is 2.69. The molecule has 7 heteroatoms. The van der Waals surface area contributed by atoms with Crippen LogP contribution in [0.3, 0.4) is 0 Å². The van der Waals surface area contributed by atoms with Gasteiger partial charge in [-0.3, -0.25) is 14.7 Å². The molecule has 0 radical (unpaired) electrons. The molecular formula is C26H38IN5O. The Morgan fingerprint density at radius 1 is 1.09 bits per heavy atom. The lowest BCUT2D eigenvalue weighted by atomic mass is 10.1. The molecule has 1 aliphatic rings. The summed E-state index contributed by atoms with van der Waals surface area (Å²) in [5, 5.41) is 6.83. The van der Waals surface area contributed by atoms with Gasteiger partial charge in [0.2, 0.25) is 5.91 Å². The van der Waals surface area contributed by atoms with Crippen molar-refractivity contribution in [3.8, 4) is 0 Å². The van der Waals surface area contributed by atoms with Crippen molar-refractivity contribution in [2.75, 3.05) is 27.2 Å². The summed E-state index contributed by atoms with van der Waals surface area (Å²) in [5.41, 5.74) is 3.70. The van der Waals surface area contributed by atoms with Gasteiger partial charge in [0.05, 0.1) is 0 Å². The van der Waals surface area contributed by atoms with E-state index in [0.717, 1.165) is 38.4 Å². The number of nitrogens with zero attached hydrogens (tertiary/aromatic N) is 3. The highest BCUT2D eigenvalue weighted by atomic mass is 127. The maximum atomic E-state index is 11.9. The number of likely N-dealkylation sites (tertiary alicyclic amines) is 1. The van der Waals surface area contributed by atoms with Gasteiger partial charge in [-0.1, -0.05) is 54.6 Å². The summed E-state index contributed by atoms with van der Waals surface area (Å²) >= 11 is 0. The summed E-state index contributed by atoms with van der Waals surface area (Å²) in [6, 6.07) is 19.5. The van der Waals surface area contributed by atoms with Crippen LogP contribution in [0, 0.1) is 0 Å². The topological polar surface area (TPSA) is 60.0 Å². The molecule has 0 saturated carbocycles. The molecule has 1 unspecified atom stereocenters. The normalized spacial score (nSPS) is 14.8. The fraction of sp³-hybridized carbons (Fsp3) is 0.462. The first-order chi connectivity index (χ1) is 15.5. The molecule has 1 amide bonds. The molecule has 1 atom stereocenters. The first kappa shape index (κ1) is 27.1. The molecule has 2 aromatic carbocycles. The molecule has 2 aromatic rings. The smallest absolute Gasteiger partial charge is 0.222 e. The summed E-state index contributed by atoms with van der Waals surface area (Å²) in [4.78, 5) is 20.6. The van der Waals surface area contributed by atoms with Crippen LogP contribution in [-0.2, 0) is 24.4 Å². The predicted octanol–water partition coefficient (Wildman–Crippen LogP) is 4.00. The van der Waals surface area contributed by atoms with E-state index < -0.39 is 0 Å². The SMILES string of the molecule is CN=C(NCCC(C)N(C)Cc1ccccc1)NCc1cccc(CN2CCCC2=O)c1.I. The van der Waals surface area contributed by atoms with Crippen molar-refractivity contribution < 1.29 is 4.79 Å². The Morgan fingerprint density at radius 3 is 2.52 bits per heavy atom. The van der Waals surface area contributed by atoms with Crippen LogP contribution in [0.15, 0.2) is 59.6 Å². The van der Waals surface area contributed by atoms with Gasteiger partial charge in [0, 0.05) is 52.2 Å². The number of benzene rings is 2. The van der Waals surface area contributed by atoms with E-state index >= 15 is 0 Å². The van der Waals surface area contributed by atoms with Gasteiger partial charge in [-0.25, -0.2) is 0 Å². The fourth-order valence-electron chi connectivity index (χ4n) is 3.98. The lowest BCUT2D eigenvalue weighted by molar-refractivity contribution is -0.128. The van der Waals surface area contributed by atoms with Crippen LogP contribution in [-0.4, -0.2) is 54.9 Å². The molecule has 2 N–H and O–H groups in total. The average molecular weight is 564 g/mol. The molecule has 1 aliphatic heterocycles. The van der Waals surface area contributed by atoms with Gasteiger partial charge in [0.1, 0.15) is 0 Å². The van der Waals surface area contributed by atoms with E-state index in [1.165, 1.54) is 16.7 Å². The van der Waals surface area contributed by atoms with Crippen LogP contribution < -0.4 is 10.6 Å². The third kappa shape index (κ3) is 8.97. The number of amides is 1. The Balaban J connectivity index is 0.00000385. The molecule has 3 rings (SSSR count). The molecule has 1 heterocycles. The Kier molecular flexibility index (Phi) is 11.7. The number of guanidine groups is 1. The van der Waals surface area contributed by atoms with E-state index in [-0.39, 0.29) is 29.9 Å². The van der Waals surface area contributed by atoms with Crippen molar-refractivity contribution in [2.24, 2.45) is 4.99 Å². The van der Waals surface area contributed by atoms with E-state index in [2.05, 4.69) is 89.1 Å². The molecule has 0 aromatic heterocycles. The van der Waals surface area contributed by atoms with Crippen LogP contribution >= 0.6 is 24.0 Å². The van der Waals surface area contributed by atoms with E-state index in [1.54, 1.807) is 7.05 Å². The fourth-order valence-corrected chi connectivity index (χ4v) is 3.98. The molecule has 1 fully saturated rings. The minimum absolute atomic E-state index is 0. The highest BCUT2D eigenvalue weighted by molar-refractivity contribution is 14.0. The minimum Gasteiger partial charge on any atom is -0.356 e. The molecule has 6 nitrogen and oxygen atoms in total. The maximum Gasteiger partial charge on any atom is 0.222 e. The van der Waals surface area contributed by atoms with Crippen molar-refractivity contribution in [1.29, 1.82) is 0 Å². The highest BCUT2D eigenvalue weighted by Gasteiger charge is 2.19. The molecule has 0 bridgehead atoms. The van der Waals surface area contributed by atoms with Gasteiger partial charge in [-0.2, -0.15) is 0 Å². The molecule has 33 heavy (non-hydrogen) atoms. The van der Waals surface area contributed by atoms with Crippen molar-refractivity contribution in [1.82, 2.24) is 20.4 Å². The number of rotatable bonds is 10. The minimum atomic E-state index is 0. The Bertz CT molecular complexity index is 889.